The van der Waals surface area contributed by atoms with Crippen molar-refractivity contribution in [2.75, 3.05) is 20.3 Å². The van der Waals surface area contributed by atoms with E-state index in [1.54, 1.807) is 7.11 Å². The van der Waals surface area contributed by atoms with Crippen molar-refractivity contribution in [1.29, 1.82) is 0 Å². The lowest BCUT2D eigenvalue weighted by atomic mass is 9.97. The van der Waals surface area contributed by atoms with E-state index in [1.165, 1.54) is 0 Å². The highest BCUT2D eigenvalue weighted by Crippen LogP contribution is 2.15. The maximum atomic E-state index is 11.5. The molecule has 21 heavy (non-hydrogen) atoms. The van der Waals surface area contributed by atoms with Crippen molar-refractivity contribution in [3.63, 3.8) is 0 Å². The number of ether oxygens (including phenoxy) is 3. The van der Waals surface area contributed by atoms with Crippen LogP contribution in [0.2, 0.25) is 0 Å². The van der Waals surface area contributed by atoms with E-state index in [-0.39, 0.29) is 5.97 Å². The van der Waals surface area contributed by atoms with Gasteiger partial charge >= 0.3 is 5.97 Å². The number of methoxy groups -OCH3 is 1. The Bertz CT molecular complexity index is 417. The molecule has 0 saturated carbocycles. The van der Waals surface area contributed by atoms with Gasteiger partial charge in [-0.2, -0.15) is 0 Å². The Morgan fingerprint density at radius 2 is 1.67 bits per heavy atom. The van der Waals surface area contributed by atoms with E-state index in [4.69, 9.17) is 14.2 Å². The molecule has 0 heterocycles. The van der Waals surface area contributed by atoms with E-state index < -0.39 is 5.41 Å². The molecule has 0 saturated heterocycles. The Hall–Kier alpha value is -1.55. The Balaban J connectivity index is 2.05. The second-order valence-electron chi connectivity index (χ2n) is 5.99. The number of carbonyl (C=O) groups excluding carboxylic acids is 1. The topological polar surface area (TPSA) is 44.8 Å². The summed E-state index contributed by atoms with van der Waals surface area (Å²) in [5.74, 6) is 0.695. The lowest BCUT2D eigenvalue weighted by molar-refractivity contribution is -0.153. The van der Waals surface area contributed by atoms with Gasteiger partial charge in [0.05, 0.1) is 25.7 Å². The molecule has 0 spiro atoms. The van der Waals surface area contributed by atoms with Crippen LogP contribution in [-0.2, 0) is 20.9 Å². The van der Waals surface area contributed by atoms with Crippen molar-refractivity contribution in [2.24, 2.45) is 5.41 Å². The number of hydrogen-bond donors (Lipinski definition) is 0. The maximum Gasteiger partial charge on any atom is 0.311 e. The number of carbonyl (C=O) groups is 1. The highest BCUT2D eigenvalue weighted by Gasteiger charge is 2.22. The normalized spacial score (nSPS) is 11.2. The smallest absolute Gasteiger partial charge is 0.311 e. The minimum absolute atomic E-state index is 0.151. The number of hydrogen-bond acceptors (Lipinski definition) is 4. The van der Waals surface area contributed by atoms with E-state index in [0.717, 1.165) is 24.2 Å². The molecular weight excluding hydrogens is 268 g/mol. The third-order valence-electron chi connectivity index (χ3n) is 2.96. The van der Waals surface area contributed by atoms with Gasteiger partial charge in [-0.3, -0.25) is 4.79 Å². The molecule has 0 aliphatic rings. The van der Waals surface area contributed by atoms with Crippen LogP contribution in [0.5, 0.6) is 5.75 Å². The van der Waals surface area contributed by atoms with Gasteiger partial charge in [0.2, 0.25) is 0 Å². The molecule has 0 amide bonds. The van der Waals surface area contributed by atoms with Crippen LogP contribution in [0.15, 0.2) is 24.3 Å². The Kier molecular flexibility index (Phi) is 7.23. The zero-order chi connectivity index (χ0) is 15.7. The van der Waals surface area contributed by atoms with Gasteiger partial charge in [-0.15, -0.1) is 0 Å². The molecule has 0 aliphatic carbocycles. The van der Waals surface area contributed by atoms with Crippen molar-refractivity contribution in [2.45, 2.75) is 40.2 Å². The van der Waals surface area contributed by atoms with E-state index in [9.17, 15) is 4.79 Å². The predicted octanol–water partition coefficient (Wildman–Crippen LogP) is 3.58. The summed E-state index contributed by atoms with van der Waals surface area (Å²) in [6.45, 7) is 7.28. The van der Waals surface area contributed by atoms with Crippen molar-refractivity contribution in [3.05, 3.63) is 29.8 Å². The molecule has 0 fully saturated rings. The molecule has 0 bridgehead atoms. The summed E-state index contributed by atoms with van der Waals surface area (Å²) in [6.07, 6.45) is 1.71. The van der Waals surface area contributed by atoms with E-state index in [0.29, 0.717) is 19.8 Å². The molecule has 0 atom stereocenters. The maximum absolute atomic E-state index is 11.5. The van der Waals surface area contributed by atoms with Crippen molar-refractivity contribution in [3.8, 4) is 5.75 Å². The minimum atomic E-state index is -0.426. The quantitative estimate of drug-likeness (QED) is 0.543. The molecule has 0 unspecified atom stereocenters. The number of esters is 1. The van der Waals surface area contributed by atoms with Gasteiger partial charge in [0.15, 0.2) is 0 Å². The van der Waals surface area contributed by atoms with Gasteiger partial charge in [-0.05, 0) is 51.3 Å². The first-order valence-electron chi connectivity index (χ1n) is 7.31. The average Bonchev–Trinajstić information content (AvgIpc) is 2.45. The molecule has 4 nitrogen and oxygen atoms in total. The van der Waals surface area contributed by atoms with Crippen molar-refractivity contribution in [1.82, 2.24) is 0 Å². The van der Waals surface area contributed by atoms with Crippen LogP contribution in [0.25, 0.3) is 0 Å². The monoisotopic (exact) mass is 294 g/mol. The average molecular weight is 294 g/mol. The molecule has 0 radical (unpaired) electrons. The zero-order valence-corrected chi connectivity index (χ0v) is 13.5. The molecule has 0 aromatic heterocycles. The molecule has 0 aliphatic heterocycles. The zero-order valence-electron chi connectivity index (χ0n) is 13.5. The van der Waals surface area contributed by atoms with Gasteiger partial charge < -0.3 is 14.2 Å². The summed E-state index contributed by atoms with van der Waals surface area (Å²) in [4.78, 5) is 11.5. The Morgan fingerprint density at radius 1 is 1.05 bits per heavy atom. The second kappa shape index (κ2) is 8.67. The molecule has 4 heteroatoms. The third-order valence-corrected chi connectivity index (χ3v) is 2.96. The predicted molar refractivity (Wildman–Crippen MR) is 82.3 cm³/mol. The highest BCUT2D eigenvalue weighted by molar-refractivity contribution is 5.75. The fourth-order valence-corrected chi connectivity index (χ4v) is 1.60. The Morgan fingerprint density at radius 3 is 2.24 bits per heavy atom. The van der Waals surface area contributed by atoms with E-state index >= 15 is 0 Å². The second-order valence-corrected chi connectivity index (χ2v) is 5.99. The van der Waals surface area contributed by atoms with Gasteiger partial charge in [0.1, 0.15) is 5.75 Å². The summed E-state index contributed by atoms with van der Waals surface area (Å²) in [6, 6.07) is 7.82. The molecule has 1 rings (SSSR count). The summed E-state index contributed by atoms with van der Waals surface area (Å²) in [5, 5.41) is 0. The van der Waals surface area contributed by atoms with E-state index in [1.807, 2.05) is 45.0 Å². The first-order valence-corrected chi connectivity index (χ1v) is 7.31. The highest BCUT2D eigenvalue weighted by atomic mass is 16.5. The van der Waals surface area contributed by atoms with Crippen LogP contribution in [0.3, 0.4) is 0 Å². The summed E-state index contributed by atoms with van der Waals surface area (Å²) in [5.41, 5.74) is 0.695. The first kappa shape index (κ1) is 17.5. The van der Waals surface area contributed by atoms with Crippen LogP contribution in [-0.4, -0.2) is 26.3 Å². The molecular formula is C17H26O4. The minimum Gasteiger partial charge on any atom is -0.497 e. The molecule has 1 aromatic rings. The van der Waals surface area contributed by atoms with Crippen LogP contribution >= 0.6 is 0 Å². The number of benzene rings is 1. The molecule has 118 valence electrons. The third kappa shape index (κ3) is 7.14. The van der Waals surface area contributed by atoms with E-state index in [2.05, 4.69) is 0 Å². The van der Waals surface area contributed by atoms with Crippen molar-refractivity contribution >= 4 is 5.97 Å². The van der Waals surface area contributed by atoms with Crippen molar-refractivity contribution < 1.29 is 19.0 Å². The van der Waals surface area contributed by atoms with Crippen LogP contribution in [0.4, 0.5) is 0 Å². The summed E-state index contributed by atoms with van der Waals surface area (Å²) in [7, 11) is 1.65. The van der Waals surface area contributed by atoms with Gasteiger partial charge in [0, 0.05) is 6.61 Å². The first-order chi connectivity index (χ1) is 9.93. The van der Waals surface area contributed by atoms with Gasteiger partial charge in [-0.25, -0.2) is 0 Å². The lowest BCUT2D eigenvalue weighted by Gasteiger charge is -2.16. The van der Waals surface area contributed by atoms with Crippen LogP contribution in [0, 0.1) is 5.41 Å². The lowest BCUT2D eigenvalue weighted by Crippen LogP contribution is -2.23. The largest absolute Gasteiger partial charge is 0.497 e. The SMILES string of the molecule is COc1ccc(COCCCCOC(=O)C(C)(C)C)cc1. The molecule has 1 aromatic carbocycles. The van der Waals surface area contributed by atoms with Crippen LogP contribution < -0.4 is 4.74 Å². The summed E-state index contributed by atoms with van der Waals surface area (Å²) < 4.78 is 15.9. The fraction of sp³-hybridized carbons (Fsp3) is 0.588. The standard InChI is InChI=1S/C17H26O4/c1-17(2,3)16(18)21-12-6-5-11-20-13-14-7-9-15(19-4)10-8-14/h7-10H,5-6,11-13H2,1-4H3. The number of rotatable bonds is 8. The number of unbranched alkanes of at least 4 members (excludes halogenated alkanes) is 1. The van der Waals surface area contributed by atoms with Gasteiger partial charge in [-0.1, -0.05) is 12.1 Å². The fourth-order valence-electron chi connectivity index (χ4n) is 1.60. The summed E-state index contributed by atoms with van der Waals surface area (Å²) >= 11 is 0. The van der Waals surface area contributed by atoms with Crippen LogP contribution in [0.1, 0.15) is 39.2 Å². The van der Waals surface area contributed by atoms with Gasteiger partial charge in [0.25, 0.3) is 0 Å². The molecule has 0 N–H and O–H groups in total. The Labute approximate surface area is 127 Å².